The minimum absolute atomic E-state index is 0.650. The van der Waals surface area contributed by atoms with Crippen molar-refractivity contribution in [1.82, 2.24) is 14.4 Å². The van der Waals surface area contributed by atoms with Crippen LogP contribution in [0.3, 0.4) is 0 Å². The molecule has 0 unspecified atom stereocenters. The van der Waals surface area contributed by atoms with Crippen molar-refractivity contribution in [3.8, 4) is 28.5 Å². The summed E-state index contributed by atoms with van der Waals surface area (Å²) in [5.41, 5.74) is 5.12. The van der Waals surface area contributed by atoms with Gasteiger partial charge < -0.3 is 0 Å². The van der Waals surface area contributed by atoms with E-state index < -0.39 is 0 Å². The molecule has 0 bridgehead atoms. The van der Waals surface area contributed by atoms with Gasteiger partial charge in [-0.3, -0.25) is 9.38 Å². The Hall–Kier alpha value is -3.45. The molecule has 0 saturated heterocycles. The third kappa shape index (κ3) is 2.16. The first kappa shape index (κ1) is 13.2. The summed E-state index contributed by atoms with van der Waals surface area (Å²) >= 11 is 0. The molecule has 0 aliphatic carbocycles. The Labute approximate surface area is 133 Å². The second kappa shape index (κ2) is 5.39. The molecule has 2 aromatic carbocycles. The van der Waals surface area contributed by atoms with E-state index in [4.69, 9.17) is 0 Å². The minimum atomic E-state index is 0.650. The number of hydrogen-bond donors (Lipinski definition) is 0. The van der Waals surface area contributed by atoms with Crippen LogP contribution in [0.2, 0.25) is 0 Å². The molecule has 0 amide bonds. The molecule has 4 rings (SSSR count). The lowest BCUT2D eigenvalue weighted by molar-refractivity contribution is 1.13. The SMILES string of the molecule is N#Cc1c(-c2ccccc2)cccc1-c1cnc2cnccn12. The van der Waals surface area contributed by atoms with Gasteiger partial charge in [0.2, 0.25) is 0 Å². The van der Waals surface area contributed by atoms with Crippen LogP contribution in [0.25, 0.3) is 28.0 Å². The normalized spacial score (nSPS) is 10.6. The molecule has 0 atom stereocenters. The van der Waals surface area contributed by atoms with Crippen molar-refractivity contribution in [3.05, 3.63) is 78.9 Å². The monoisotopic (exact) mass is 296 g/mol. The van der Waals surface area contributed by atoms with Gasteiger partial charge in [-0.05, 0) is 5.56 Å². The van der Waals surface area contributed by atoms with Crippen molar-refractivity contribution in [1.29, 1.82) is 5.26 Å². The van der Waals surface area contributed by atoms with Crippen LogP contribution in [0.4, 0.5) is 0 Å². The minimum Gasteiger partial charge on any atom is -0.297 e. The summed E-state index contributed by atoms with van der Waals surface area (Å²) in [4.78, 5) is 8.44. The molecule has 0 spiro atoms. The summed E-state index contributed by atoms with van der Waals surface area (Å²) in [6.45, 7) is 0. The van der Waals surface area contributed by atoms with E-state index in [-0.39, 0.29) is 0 Å². The molecule has 0 saturated carbocycles. The highest BCUT2D eigenvalue weighted by Gasteiger charge is 2.14. The topological polar surface area (TPSA) is 54.0 Å². The Morgan fingerprint density at radius 1 is 0.913 bits per heavy atom. The highest BCUT2D eigenvalue weighted by molar-refractivity contribution is 5.81. The van der Waals surface area contributed by atoms with Crippen molar-refractivity contribution >= 4 is 5.65 Å². The fraction of sp³-hybridized carbons (Fsp3) is 0. The fourth-order valence-electron chi connectivity index (χ4n) is 2.79. The van der Waals surface area contributed by atoms with Crippen LogP contribution in [-0.4, -0.2) is 14.4 Å². The van der Waals surface area contributed by atoms with E-state index in [0.717, 1.165) is 28.0 Å². The van der Waals surface area contributed by atoms with Gasteiger partial charge in [0.15, 0.2) is 5.65 Å². The Balaban J connectivity index is 1.99. The summed E-state index contributed by atoms with van der Waals surface area (Å²) in [6.07, 6.45) is 7.05. The molecular weight excluding hydrogens is 284 g/mol. The summed E-state index contributed by atoms with van der Waals surface area (Å²) in [6, 6.07) is 18.2. The molecule has 0 N–H and O–H groups in total. The van der Waals surface area contributed by atoms with Gasteiger partial charge in [-0.1, -0.05) is 48.5 Å². The van der Waals surface area contributed by atoms with E-state index in [0.29, 0.717) is 5.56 Å². The van der Waals surface area contributed by atoms with E-state index in [1.54, 1.807) is 18.6 Å². The lowest BCUT2D eigenvalue weighted by Crippen LogP contribution is -1.93. The van der Waals surface area contributed by atoms with E-state index in [9.17, 15) is 5.26 Å². The fourth-order valence-corrected chi connectivity index (χ4v) is 2.79. The van der Waals surface area contributed by atoms with Crippen molar-refractivity contribution in [2.45, 2.75) is 0 Å². The Bertz CT molecular complexity index is 1030. The summed E-state index contributed by atoms with van der Waals surface area (Å²) < 4.78 is 1.94. The number of nitrogens with zero attached hydrogens (tertiary/aromatic N) is 4. The molecule has 0 radical (unpaired) electrons. The number of fused-ring (bicyclic) bond motifs is 1. The Kier molecular flexibility index (Phi) is 3.10. The molecule has 23 heavy (non-hydrogen) atoms. The lowest BCUT2D eigenvalue weighted by Gasteiger charge is -2.09. The molecule has 0 aliphatic heterocycles. The van der Waals surface area contributed by atoms with Gasteiger partial charge in [0.25, 0.3) is 0 Å². The van der Waals surface area contributed by atoms with Gasteiger partial charge in [-0.2, -0.15) is 5.26 Å². The Morgan fingerprint density at radius 2 is 1.74 bits per heavy atom. The number of imidazole rings is 1. The van der Waals surface area contributed by atoms with E-state index >= 15 is 0 Å². The maximum absolute atomic E-state index is 9.74. The van der Waals surface area contributed by atoms with Gasteiger partial charge in [0.05, 0.1) is 23.7 Å². The number of hydrogen-bond acceptors (Lipinski definition) is 3. The zero-order valence-corrected chi connectivity index (χ0v) is 12.2. The maximum atomic E-state index is 9.74. The summed E-state index contributed by atoms with van der Waals surface area (Å²) in [7, 11) is 0. The zero-order valence-electron chi connectivity index (χ0n) is 12.2. The van der Waals surface area contributed by atoms with Crippen LogP contribution in [0.1, 0.15) is 5.56 Å². The molecule has 2 heterocycles. The van der Waals surface area contributed by atoms with Gasteiger partial charge >= 0.3 is 0 Å². The van der Waals surface area contributed by atoms with Crippen LogP contribution in [0.15, 0.2) is 73.3 Å². The smallest absolute Gasteiger partial charge is 0.155 e. The van der Waals surface area contributed by atoms with E-state index in [1.165, 1.54) is 0 Å². The number of benzene rings is 2. The first-order valence-corrected chi connectivity index (χ1v) is 7.24. The van der Waals surface area contributed by atoms with Gasteiger partial charge in [0.1, 0.15) is 6.07 Å². The molecular formula is C19H12N4. The largest absolute Gasteiger partial charge is 0.297 e. The molecule has 108 valence electrons. The molecule has 0 fully saturated rings. The quantitative estimate of drug-likeness (QED) is 0.563. The second-order valence-corrected chi connectivity index (χ2v) is 5.15. The van der Waals surface area contributed by atoms with E-state index in [2.05, 4.69) is 16.0 Å². The van der Waals surface area contributed by atoms with Crippen LogP contribution in [0, 0.1) is 11.3 Å². The molecule has 0 aliphatic rings. The average Bonchev–Trinajstić information content (AvgIpc) is 3.05. The number of rotatable bonds is 2. The number of nitriles is 1. The van der Waals surface area contributed by atoms with Crippen LogP contribution < -0.4 is 0 Å². The van der Waals surface area contributed by atoms with Crippen molar-refractivity contribution in [2.24, 2.45) is 0 Å². The second-order valence-electron chi connectivity index (χ2n) is 5.15. The van der Waals surface area contributed by atoms with Crippen LogP contribution in [0.5, 0.6) is 0 Å². The highest BCUT2D eigenvalue weighted by Crippen LogP contribution is 2.32. The van der Waals surface area contributed by atoms with Crippen molar-refractivity contribution < 1.29 is 0 Å². The standard InChI is InChI=1S/C19H12N4/c20-11-17-15(14-5-2-1-3-6-14)7-4-8-16(17)18-12-22-19-13-21-9-10-23(18)19/h1-10,12-13H. The molecule has 2 aromatic heterocycles. The Morgan fingerprint density at radius 3 is 2.57 bits per heavy atom. The predicted octanol–water partition coefficient (Wildman–Crippen LogP) is 3.93. The zero-order chi connectivity index (χ0) is 15.6. The first-order valence-electron chi connectivity index (χ1n) is 7.24. The lowest BCUT2D eigenvalue weighted by atomic mass is 9.95. The molecule has 4 heteroatoms. The van der Waals surface area contributed by atoms with Gasteiger partial charge in [-0.15, -0.1) is 0 Å². The third-order valence-electron chi connectivity index (χ3n) is 3.85. The molecule has 4 aromatic rings. The first-order chi connectivity index (χ1) is 11.4. The van der Waals surface area contributed by atoms with Crippen LogP contribution >= 0.6 is 0 Å². The number of aromatic nitrogens is 3. The van der Waals surface area contributed by atoms with E-state index in [1.807, 2.05) is 59.1 Å². The third-order valence-corrected chi connectivity index (χ3v) is 3.85. The van der Waals surface area contributed by atoms with Gasteiger partial charge in [-0.25, -0.2) is 4.98 Å². The van der Waals surface area contributed by atoms with Gasteiger partial charge in [0, 0.05) is 23.5 Å². The molecule has 4 nitrogen and oxygen atoms in total. The summed E-state index contributed by atoms with van der Waals surface area (Å²) in [5.74, 6) is 0. The summed E-state index contributed by atoms with van der Waals surface area (Å²) in [5, 5.41) is 9.74. The predicted molar refractivity (Wildman–Crippen MR) is 88.6 cm³/mol. The van der Waals surface area contributed by atoms with Crippen molar-refractivity contribution in [2.75, 3.05) is 0 Å². The van der Waals surface area contributed by atoms with Crippen molar-refractivity contribution in [3.63, 3.8) is 0 Å². The average molecular weight is 296 g/mol. The maximum Gasteiger partial charge on any atom is 0.155 e. The van der Waals surface area contributed by atoms with Crippen LogP contribution in [-0.2, 0) is 0 Å². The highest BCUT2D eigenvalue weighted by atomic mass is 15.0.